The molecule has 0 bridgehead atoms. The fourth-order valence-corrected chi connectivity index (χ4v) is 3.08. The van der Waals surface area contributed by atoms with Gasteiger partial charge in [-0.05, 0) is 54.4 Å². The predicted molar refractivity (Wildman–Crippen MR) is 108 cm³/mol. The van der Waals surface area contributed by atoms with Crippen molar-refractivity contribution in [3.05, 3.63) is 99.9 Å². The largest absolute Gasteiger partial charge is 0.306 e. The minimum atomic E-state index is -0.546. The molecule has 3 aromatic heterocycles. The van der Waals surface area contributed by atoms with Crippen LogP contribution >= 0.6 is 0 Å². The maximum Gasteiger partial charge on any atom is 0.265 e. The van der Waals surface area contributed by atoms with E-state index in [-0.39, 0.29) is 17.9 Å². The van der Waals surface area contributed by atoms with E-state index in [2.05, 4.69) is 15.3 Å². The first-order chi connectivity index (χ1) is 14.0. The molecular weight excluding hydrogens is 371 g/mol. The number of carbonyl (C=O) groups excluding carboxylic acids is 1. The molecule has 0 atom stereocenters. The number of nitrogens with zero attached hydrogens (tertiary/aromatic N) is 3. The number of rotatable bonds is 4. The third-order valence-corrected chi connectivity index (χ3v) is 4.59. The van der Waals surface area contributed by atoms with Crippen molar-refractivity contribution in [3.63, 3.8) is 0 Å². The Balaban J connectivity index is 1.80. The Bertz CT molecular complexity index is 1270. The van der Waals surface area contributed by atoms with E-state index >= 15 is 0 Å². The predicted octanol–water partition coefficient (Wildman–Crippen LogP) is 3.54. The minimum Gasteiger partial charge on any atom is -0.306 e. The monoisotopic (exact) mass is 388 g/mol. The summed E-state index contributed by atoms with van der Waals surface area (Å²) in [4.78, 5) is 34.4. The molecule has 1 aromatic carbocycles. The highest BCUT2D eigenvalue weighted by Gasteiger charge is 2.17. The normalized spacial score (nSPS) is 10.8. The summed E-state index contributed by atoms with van der Waals surface area (Å²) in [6, 6.07) is 14.5. The van der Waals surface area contributed by atoms with Crippen LogP contribution in [0.25, 0.3) is 11.0 Å². The van der Waals surface area contributed by atoms with Crippen LogP contribution in [0.2, 0.25) is 0 Å². The number of anilines is 1. The van der Waals surface area contributed by atoms with Crippen LogP contribution in [-0.4, -0.2) is 20.4 Å². The number of hydrogen-bond acceptors (Lipinski definition) is 4. The number of benzene rings is 1. The van der Waals surface area contributed by atoms with Gasteiger partial charge in [-0.15, -0.1) is 0 Å². The van der Waals surface area contributed by atoms with Gasteiger partial charge in [0.25, 0.3) is 11.5 Å². The molecule has 3 heterocycles. The number of fused-ring (bicyclic) bond motifs is 1. The molecule has 0 aliphatic carbocycles. The highest BCUT2D eigenvalue weighted by Crippen LogP contribution is 2.15. The molecule has 6 nitrogen and oxygen atoms in total. The van der Waals surface area contributed by atoms with Gasteiger partial charge in [0.05, 0.1) is 6.54 Å². The van der Waals surface area contributed by atoms with Crippen molar-refractivity contribution in [2.24, 2.45) is 0 Å². The van der Waals surface area contributed by atoms with Crippen molar-refractivity contribution in [2.45, 2.75) is 13.5 Å². The van der Waals surface area contributed by atoms with Crippen molar-refractivity contribution < 1.29 is 9.18 Å². The van der Waals surface area contributed by atoms with E-state index in [1.165, 1.54) is 22.8 Å². The van der Waals surface area contributed by atoms with E-state index in [1.807, 2.05) is 13.0 Å². The first-order valence-electron chi connectivity index (χ1n) is 8.99. The molecule has 1 amide bonds. The second-order valence-corrected chi connectivity index (χ2v) is 6.62. The van der Waals surface area contributed by atoms with Gasteiger partial charge in [0.15, 0.2) is 0 Å². The number of hydrogen-bond donors (Lipinski definition) is 1. The quantitative estimate of drug-likeness (QED) is 0.580. The van der Waals surface area contributed by atoms with E-state index in [4.69, 9.17) is 0 Å². The Hall–Kier alpha value is -3.87. The SMILES string of the molecule is Cc1cccnc1NC(=O)c1cc2cccnc2n(Cc2ccc(F)cc2)c1=O. The number of amides is 1. The molecule has 7 heteroatoms. The first-order valence-corrected chi connectivity index (χ1v) is 8.99. The number of halogens is 1. The molecule has 144 valence electrons. The zero-order chi connectivity index (χ0) is 20.4. The van der Waals surface area contributed by atoms with Gasteiger partial charge in [-0.1, -0.05) is 18.2 Å². The van der Waals surface area contributed by atoms with Gasteiger partial charge < -0.3 is 5.32 Å². The maximum absolute atomic E-state index is 13.2. The third-order valence-electron chi connectivity index (χ3n) is 4.59. The summed E-state index contributed by atoms with van der Waals surface area (Å²) >= 11 is 0. The van der Waals surface area contributed by atoms with E-state index in [0.717, 1.165) is 11.1 Å². The lowest BCUT2D eigenvalue weighted by molar-refractivity contribution is 0.102. The minimum absolute atomic E-state index is 0.0161. The Morgan fingerprint density at radius 3 is 2.55 bits per heavy atom. The van der Waals surface area contributed by atoms with E-state index in [1.54, 1.807) is 42.7 Å². The zero-order valence-electron chi connectivity index (χ0n) is 15.6. The average molecular weight is 388 g/mol. The molecule has 0 aliphatic rings. The standard InChI is InChI=1S/C22H17FN4O2/c1-14-4-2-10-24-19(14)26-21(28)18-12-16-5-3-11-25-20(16)27(22(18)29)13-15-6-8-17(23)9-7-15/h2-12H,13H2,1H3,(H,24,26,28). The zero-order valence-corrected chi connectivity index (χ0v) is 15.6. The lowest BCUT2D eigenvalue weighted by Gasteiger charge is -2.13. The average Bonchev–Trinajstić information content (AvgIpc) is 2.73. The number of aryl methyl sites for hydroxylation is 1. The van der Waals surface area contributed by atoms with Crippen LogP contribution in [0.5, 0.6) is 0 Å². The van der Waals surface area contributed by atoms with E-state index in [0.29, 0.717) is 16.9 Å². The van der Waals surface area contributed by atoms with Gasteiger partial charge in [0, 0.05) is 17.8 Å². The summed E-state index contributed by atoms with van der Waals surface area (Å²) in [5.74, 6) is -0.508. The second-order valence-electron chi connectivity index (χ2n) is 6.62. The van der Waals surface area contributed by atoms with Crippen LogP contribution in [0.1, 0.15) is 21.5 Å². The molecule has 4 rings (SSSR count). The maximum atomic E-state index is 13.2. The summed E-state index contributed by atoms with van der Waals surface area (Å²) in [5.41, 5.74) is 1.46. The van der Waals surface area contributed by atoms with Gasteiger partial charge in [-0.2, -0.15) is 0 Å². The highest BCUT2D eigenvalue weighted by molar-refractivity contribution is 6.05. The summed E-state index contributed by atoms with van der Waals surface area (Å²) in [6.45, 7) is 1.98. The summed E-state index contributed by atoms with van der Waals surface area (Å²) in [7, 11) is 0. The number of aromatic nitrogens is 3. The fraction of sp³-hybridized carbons (Fsp3) is 0.0909. The number of pyridine rings is 3. The second kappa shape index (κ2) is 7.63. The van der Waals surface area contributed by atoms with Crippen molar-refractivity contribution >= 4 is 22.8 Å². The van der Waals surface area contributed by atoms with E-state index < -0.39 is 11.5 Å². The number of nitrogens with one attached hydrogen (secondary N) is 1. The Labute approximate surface area is 165 Å². The highest BCUT2D eigenvalue weighted by atomic mass is 19.1. The van der Waals surface area contributed by atoms with Crippen LogP contribution in [0.4, 0.5) is 10.2 Å². The van der Waals surface area contributed by atoms with Crippen LogP contribution < -0.4 is 10.9 Å². The van der Waals surface area contributed by atoms with Gasteiger partial charge in [0.2, 0.25) is 0 Å². The molecule has 0 aliphatic heterocycles. The van der Waals surface area contributed by atoms with Gasteiger partial charge in [-0.25, -0.2) is 14.4 Å². The molecule has 29 heavy (non-hydrogen) atoms. The lowest BCUT2D eigenvalue weighted by Crippen LogP contribution is -2.30. The van der Waals surface area contributed by atoms with E-state index in [9.17, 15) is 14.0 Å². The Kier molecular flexibility index (Phi) is 4.87. The molecule has 0 saturated heterocycles. The van der Waals surface area contributed by atoms with Crippen LogP contribution in [0, 0.1) is 12.7 Å². The molecule has 4 aromatic rings. The van der Waals surface area contributed by atoms with Crippen molar-refractivity contribution in [1.82, 2.24) is 14.5 Å². The lowest BCUT2D eigenvalue weighted by atomic mass is 10.1. The molecule has 0 spiro atoms. The van der Waals surface area contributed by atoms with Gasteiger partial charge in [0.1, 0.15) is 22.8 Å². The summed E-state index contributed by atoms with van der Waals surface area (Å²) in [5, 5.41) is 3.35. The van der Waals surface area contributed by atoms with Crippen LogP contribution in [0.3, 0.4) is 0 Å². The molecule has 0 unspecified atom stereocenters. The molecule has 0 fully saturated rings. The Morgan fingerprint density at radius 2 is 1.79 bits per heavy atom. The van der Waals surface area contributed by atoms with Crippen molar-refractivity contribution in [2.75, 3.05) is 5.32 Å². The molecule has 1 N–H and O–H groups in total. The first kappa shape index (κ1) is 18.5. The Morgan fingerprint density at radius 1 is 1.07 bits per heavy atom. The van der Waals surface area contributed by atoms with Crippen molar-refractivity contribution in [3.8, 4) is 0 Å². The number of carbonyl (C=O) groups is 1. The fourth-order valence-electron chi connectivity index (χ4n) is 3.08. The topological polar surface area (TPSA) is 76.9 Å². The molecule has 0 radical (unpaired) electrons. The summed E-state index contributed by atoms with van der Waals surface area (Å²) in [6.07, 6.45) is 3.15. The molecular formula is C22H17FN4O2. The smallest absolute Gasteiger partial charge is 0.265 e. The van der Waals surface area contributed by atoms with Gasteiger partial charge in [-0.3, -0.25) is 14.2 Å². The molecule has 0 saturated carbocycles. The van der Waals surface area contributed by atoms with Crippen LogP contribution in [-0.2, 0) is 6.54 Å². The van der Waals surface area contributed by atoms with Gasteiger partial charge >= 0.3 is 0 Å². The van der Waals surface area contributed by atoms with Crippen LogP contribution in [0.15, 0.2) is 71.8 Å². The summed E-state index contributed by atoms with van der Waals surface area (Å²) < 4.78 is 14.6. The van der Waals surface area contributed by atoms with Crippen molar-refractivity contribution in [1.29, 1.82) is 0 Å². The third kappa shape index (κ3) is 3.75.